The third kappa shape index (κ3) is 2.68. The Labute approximate surface area is 90.2 Å². The summed E-state index contributed by atoms with van der Waals surface area (Å²) in [7, 11) is 0. The lowest BCUT2D eigenvalue weighted by atomic mass is 10.0. The topological polar surface area (TPSA) is 17.1 Å². The van der Waals surface area contributed by atoms with Crippen molar-refractivity contribution < 1.29 is 4.79 Å². The maximum absolute atomic E-state index is 11.9. The zero-order valence-corrected chi connectivity index (χ0v) is 10.2. The van der Waals surface area contributed by atoms with E-state index in [4.69, 9.17) is 0 Å². The first-order valence-corrected chi connectivity index (χ1v) is 5.96. The second-order valence-electron chi connectivity index (χ2n) is 4.01. The predicted molar refractivity (Wildman–Crippen MR) is 62.2 cm³/mol. The van der Waals surface area contributed by atoms with Gasteiger partial charge in [0.1, 0.15) is 0 Å². The highest BCUT2D eigenvalue weighted by molar-refractivity contribution is 7.14. The number of carbonyl (C=O) groups is 1. The predicted octanol–water partition coefficient (Wildman–Crippen LogP) is 3.98. The van der Waals surface area contributed by atoms with Gasteiger partial charge in [0.05, 0.1) is 4.88 Å². The lowest BCUT2D eigenvalue weighted by Gasteiger charge is -2.05. The first-order valence-electron chi connectivity index (χ1n) is 5.14. The molecule has 0 fully saturated rings. The van der Waals surface area contributed by atoms with Crippen molar-refractivity contribution in [2.24, 2.45) is 5.92 Å². The van der Waals surface area contributed by atoms with Gasteiger partial charge in [-0.1, -0.05) is 20.3 Å². The van der Waals surface area contributed by atoms with Gasteiger partial charge in [-0.3, -0.25) is 4.79 Å². The third-order valence-corrected chi connectivity index (χ3v) is 3.72. The smallest absolute Gasteiger partial charge is 0.173 e. The van der Waals surface area contributed by atoms with Gasteiger partial charge in [-0.15, -0.1) is 11.3 Å². The fourth-order valence-electron chi connectivity index (χ4n) is 1.47. The van der Waals surface area contributed by atoms with Crippen LogP contribution in [0.5, 0.6) is 0 Å². The zero-order chi connectivity index (χ0) is 10.7. The highest BCUT2D eigenvalue weighted by Gasteiger charge is 2.14. The Kier molecular flexibility index (Phi) is 3.87. The number of rotatable bonds is 4. The Morgan fingerprint density at radius 2 is 2.14 bits per heavy atom. The van der Waals surface area contributed by atoms with E-state index in [1.165, 1.54) is 4.88 Å². The molecule has 1 unspecified atom stereocenters. The Morgan fingerprint density at radius 1 is 1.50 bits per heavy atom. The van der Waals surface area contributed by atoms with Crippen molar-refractivity contribution in [3.8, 4) is 0 Å². The summed E-state index contributed by atoms with van der Waals surface area (Å²) in [6.45, 7) is 8.34. The van der Waals surface area contributed by atoms with Gasteiger partial charge in [0.15, 0.2) is 5.78 Å². The highest BCUT2D eigenvalue weighted by atomic mass is 32.1. The van der Waals surface area contributed by atoms with Gasteiger partial charge >= 0.3 is 0 Å². The van der Waals surface area contributed by atoms with Gasteiger partial charge in [0.2, 0.25) is 0 Å². The maximum Gasteiger partial charge on any atom is 0.173 e. The van der Waals surface area contributed by atoms with E-state index in [9.17, 15) is 4.79 Å². The number of ketones is 1. The molecule has 0 aromatic carbocycles. The fraction of sp³-hybridized carbons (Fsp3) is 0.583. The summed E-state index contributed by atoms with van der Waals surface area (Å²) in [5.41, 5.74) is 1.14. The molecule has 1 heterocycles. The summed E-state index contributed by atoms with van der Waals surface area (Å²) < 4.78 is 0. The van der Waals surface area contributed by atoms with Crippen LogP contribution in [0.3, 0.4) is 0 Å². The average molecular weight is 210 g/mol. The molecule has 0 saturated carbocycles. The van der Waals surface area contributed by atoms with Crippen molar-refractivity contribution >= 4 is 17.1 Å². The van der Waals surface area contributed by atoms with Crippen LogP contribution in [-0.4, -0.2) is 5.78 Å². The minimum Gasteiger partial charge on any atom is -0.293 e. The summed E-state index contributed by atoms with van der Waals surface area (Å²) in [6, 6.07) is 2.09. The molecule has 0 spiro atoms. The van der Waals surface area contributed by atoms with E-state index in [0.29, 0.717) is 18.1 Å². The van der Waals surface area contributed by atoms with Crippen LogP contribution in [0.2, 0.25) is 0 Å². The number of aryl methyl sites for hydroxylation is 2. The van der Waals surface area contributed by atoms with Crippen LogP contribution in [0.15, 0.2) is 6.07 Å². The monoisotopic (exact) mass is 210 g/mol. The number of hydrogen-bond acceptors (Lipinski definition) is 2. The second kappa shape index (κ2) is 4.74. The number of hydrogen-bond donors (Lipinski definition) is 0. The van der Waals surface area contributed by atoms with Crippen molar-refractivity contribution in [2.75, 3.05) is 0 Å². The van der Waals surface area contributed by atoms with Crippen LogP contribution in [0.4, 0.5) is 0 Å². The quantitative estimate of drug-likeness (QED) is 0.687. The van der Waals surface area contributed by atoms with E-state index in [1.54, 1.807) is 11.3 Å². The Hall–Kier alpha value is -0.630. The van der Waals surface area contributed by atoms with Gasteiger partial charge < -0.3 is 0 Å². The Morgan fingerprint density at radius 3 is 2.57 bits per heavy atom. The molecule has 0 saturated heterocycles. The second-order valence-corrected chi connectivity index (χ2v) is 5.27. The van der Waals surface area contributed by atoms with Crippen LogP contribution in [-0.2, 0) is 0 Å². The minimum absolute atomic E-state index is 0.315. The number of thiophene rings is 1. The fourth-order valence-corrected chi connectivity index (χ4v) is 2.45. The van der Waals surface area contributed by atoms with E-state index in [-0.39, 0.29) is 0 Å². The van der Waals surface area contributed by atoms with E-state index in [0.717, 1.165) is 16.9 Å². The molecule has 2 heteroatoms. The molecule has 0 aliphatic rings. The van der Waals surface area contributed by atoms with Crippen LogP contribution in [0, 0.1) is 19.8 Å². The van der Waals surface area contributed by atoms with E-state index in [1.807, 2.05) is 6.92 Å². The molecular weight excluding hydrogens is 192 g/mol. The first kappa shape index (κ1) is 11.4. The van der Waals surface area contributed by atoms with Crippen molar-refractivity contribution in [2.45, 2.75) is 40.5 Å². The van der Waals surface area contributed by atoms with Crippen molar-refractivity contribution in [3.63, 3.8) is 0 Å². The van der Waals surface area contributed by atoms with Crippen LogP contribution in [0.25, 0.3) is 0 Å². The van der Waals surface area contributed by atoms with E-state index >= 15 is 0 Å². The van der Waals surface area contributed by atoms with Crippen molar-refractivity contribution in [1.29, 1.82) is 0 Å². The summed E-state index contributed by atoms with van der Waals surface area (Å²) in [5, 5.41) is 0. The molecule has 0 aliphatic heterocycles. The van der Waals surface area contributed by atoms with Gasteiger partial charge in [-0.05, 0) is 31.4 Å². The van der Waals surface area contributed by atoms with Crippen LogP contribution in [0.1, 0.15) is 46.8 Å². The van der Waals surface area contributed by atoms with Crippen LogP contribution >= 0.6 is 11.3 Å². The van der Waals surface area contributed by atoms with Crippen molar-refractivity contribution in [3.05, 3.63) is 21.4 Å². The first-order chi connectivity index (χ1) is 6.54. The zero-order valence-electron chi connectivity index (χ0n) is 9.39. The maximum atomic E-state index is 11.9. The standard InChI is InChI=1S/C12H18OS/c1-5-8(2)6-11(13)12-9(3)7-10(4)14-12/h7-8H,5-6H2,1-4H3. The molecule has 0 aliphatic carbocycles. The van der Waals surface area contributed by atoms with Gasteiger partial charge in [-0.2, -0.15) is 0 Å². The van der Waals surface area contributed by atoms with E-state index < -0.39 is 0 Å². The molecule has 0 bridgehead atoms. The lowest BCUT2D eigenvalue weighted by Crippen LogP contribution is -2.04. The minimum atomic E-state index is 0.315. The van der Waals surface area contributed by atoms with E-state index in [2.05, 4.69) is 26.8 Å². The summed E-state index contributed by atoms with van der Waals surface area (Å²) >= 11 is 1.63. The summed E-state index contributed by atoms with van der Waals surface area (Å²) in [4.78, 5) is 14.1. The molecule has 1 aromatic rings. The van der Waals surface area contributed by atoms with Crippen molar-refractivity contribution in [1.82, 2.24) is 0 Å². The number of carbonyl (C=O) groups excluding carboxylic acids is 1. The molecule has 1 atom stereocenters. The Balaban J connectivity index is 2.74. The molecule has 0 radical (unpaired) electrons. The SMILES string of the molecule is CCC(C)CC(=O)c1sc(C)cc1C. The van der Waals surface area contributed by atoms with Gasteiger partial charge in [-0.25, -0.2) is 0 Å². The Bertz CT molecular complexity index is 325. The molecule has 1 nitrogen and oxygen atoms in total. The molecule has 78 valence electrons. The summed E-state index contributed by atoms with van der Waals surface area (Å²) in [5.74, 6) is 0.819. The average Bonchev–Trinajstić information content (AvgIpc) is 2.45. The molecule has 0 N–H and O–H groups in total. The molecular formula is C12H18OS. The lowest BCUT2D eigenvalue weighted by molar-refractivity contribution is 0.0967. The number of Topliss-reactive ketones (excluding diaryl/α,β-unsaturated/α-hetero) is 1. The van der Waals surface area contributed by atoms with Gasteiger partial charge in [0, 0.05) is 11.3 Å². The van der Waals surface area contributed by atoms with Gasteiger partial charge in [0.25, 0.3) is 0 Å². The summed E-state index contributed by atoms with van der Waals surface area (Å²) in [6.07, 6.45) is 1.77. The largest absolute Gasteiger partial charge is 0.293 e. The molecule has 14 heavy (non-hydrogen) atoms. The van der Waals surface area contributed by atoms with Crippen LogP contribution < -0.4 is 0 Å². The normalized spacial score (nSPS) is 12.9. The third-order valence-electron chi connectivity index (χ3n) is 2.53. The highest BCUT2D eigenvalue weighted by Crippen LogP contribution is 2.24. The molecule has 1 aromatic heterocycles. The molecule has 0 amide bonds. The molecule has 1 rings (SSSR count).